The number of piperidine rings is 3. The van der Waals surface area contributed by atoms with Gasteiger partial charge in [0, 0.05) is 49.2 Å². The summed E-state index contributed by atoms with van der Waals surface area (Å²) in [6.45, 7) is 2.76. The van der Waals surface area contributed by atoms with Crippen LogP contribution in [0.1, 0.15) is 25.7 Å². The average molecular weight is 381 g/mol. The van der Waals surface area contributed by atoms with Crippen LogP contribution in [0, 0.1) is 11.8 Å². The van der Waals surface area contributed by atoms with Crippen molar-refractivity contribution in [3.63, 3.8) is 0 Å². The Bertz CT molecular complexity index is 921. The molecule has 3 aliphatic rings. The van der Waals surface area contributed by atoms with Crippen LogP contribution >= 0.6 is 0 Å². The second kappa shape index (κ2) is 6.83. The molecule has 0 radical (unpaired) electrons. The van der Waals surface area contributed by atoms with Crippen LogP contribution in [0.25, 0.3) is 10.9 Å². The third-order valence-corrected chi connectivity index (χ3v) is 6.82. The highest BCUT2D eigenvalue weighted by Gasteiger charge is 2.44. The number of carbonyl (C=O) groups excluding carboxylic acids is 2. The van der Waals surface area contributed by atoms with E-state index in [4.69, 9.17) is 4.74 Å². The van der Waals surface area contributed by atoms with Gasteiger partial charge in [0.1, 0.15) is 12.3 Å². The number of hydrogen-bond donors (Lipinski definition) is 0. The first-order valence-corrected chi connectivity index (χ1v) is 10.3. The van der Waals surface area contributed by atoms with E-state index in [1.54, 1.807) is 7.11 Å². The number of amides is 2. The number of benzene rings is 1. The number of likely N-dealkylation sites (tertiary alicyclic amines) is 1. The summed E-state index contributed by atoms with van der Waals surface area (Å²) in [7, 11) is 1.66. The molecule has 2 amide bonds. The van der Waals surface area contributed by atoms with E-state index in [0.29, 0.717) is 36.8 Å². The van der Waals surface area contributed by atoms with Gasteiger partial charge in [0.25, 0.3) is 0 Å². The van der Waals surface area contributed by atoms with Crippen LogP contribution in [0.4, 0.5) is 0 Å². The highest BCUT2D eigenvalue weighted by molar-refractivity contribution is 5.84. The van der Waals surface area contributed by atoms with Crippen molar-refractivity contribution in [1.29, 1.82) is 0 Å². The van der Waals surface area contributed by atoms with Crippen molar-refractivity contribution in [2.45, 2.75) is 38.3 Å². The number of fused-ring (bicyclic) bond motifs is 5. The van der Waals surface area contributed by atoms with E-state index in [2.05, 4.69) is 4.90 Å². The summed E-state index contributed by atoms with van der Waals surface area (Å²) >= 11 is 0. The van der Waals surface area contributed by atoms with Gasteiger partial charge in [-0.25, -0.2) is 0 Å². The van der Waals surface area contributed by atoms with Gasteiger partial charge in [0.05, 0.1) is 7.11 Å². The molecule has 6 nitrogen and oxygen atoms in total. The quantitative estimate of drug-likeness (QED) is 0.821. The fourth-order valence-corrected chi connectivity index (χ4v) is 5.50. The molecular weight excluding hydrogens is 354 g/mol. The van der Waals surface area contributed by atoms with Gasteiger partial charge in [-0.2, -0.15) is 0 Å². The number of methoxy groups -OCH3 is 1. The zero-order valence-electron chi connectivity index (χ0n) is 16.3. The Morgan fingerprint density at radius 1 is 1.21 bits per heavy atom. The minimum Gasteiger partial charge on any atom is -0.497 e. The fourth-order valence-electron chi connectivity index (χ4n) is 5.50. The Hall–Kier alpha value is -2.50. The highest BCUT2D eigenvalue weighted by atomic mass is 16.5. The lowest BCUT2D eigenvalue weighted by atomic mass is 9.76. The topological polar surface area (TPSA) is 54.8 Å². The second-order valence-corrected chi connectivity index (χ2v) is 8.53. The molecular formula is C22H27N3O3. The number of rotatable bonds is 3. The summed E-state index contributed by atoms with van der Waals surface area (Å²) in [5.74, 6) is 2.18. The number of ether oxygens (including phenoxy) is 1. The number of hydrogen-bond acceptors (Lipinski definition) is 3. The average Bonchev–Trinajstić information content (AvgIpc) is 3.10. The van der Waals surface area contributed by atoms with Crippen molar-refractivity contribution < 1.29 is 14.3 Å². The molecule has 2 aromatic rings. The van der Waals surface area contributed by atoms with Gasteiger partial charge >= 0.3 is 0 Å². The molecule has 0 aliphatic carbocycles. The van der Waals surface area contributed by atoms with Crippen LogP contribution in [-0.4, -0.2) is 59.0 Å². The zero-order valence-corrected chi connectivity index (χ0v) is 16.3. The minimum atomic E-state index is 0.179. The maximum Gasteiger partial charge on any atom is 0.242 e. The molecule has 1 aromatic carbocycles. The van der Waals surface area contributed by atoms with E-state index in [0.717, 1.165) is 55.5 Å². The van der Waals surface area contributed by atoms with E-state index < -0.39 is 0 Å². The lowest BCUT2D eigenvalue weighted by Crippen LogP contribution is -2.61. The monoisotopic (exact) mass is 381 g/mol. The standard InChI is InChI=1S/C22H27N3O3/c1-28-18-5-6-19-16(10-18)7-8-23(19)14-22(27)24-11-15-9-17(13-24)20-3-2-4-21(26)25(20)12-15/h5-8,10,15,17,20H,2-4,9,11-14H2,1H3. The normalized spacial score (nSPS) is 27.0. The Labute approximate surface area is 165 Å². The van der Waals surface area contributed by atoms with Crippen molar-refractivity contribution in [2.24, 2.45) is 11.8 Å². The molecule has 3 aliphatic heterocycles. The van der Waals surface area contributed by atoms with Crippen molar-refractivity contribution in [3.05, 3.63) is 30.5 Å². The zero-order chi connectivity index (χ0) is 19.3. The molecule has 5 rings (SSSR count). The number of aromatic nitrogens is 1. The smallest absolute Gasteiger partial charge is 0.242 e. The van der Waals surface area contributed by atoms with Gasteiger partial charge in [0.15, 0.2) is 0 Å². The lowest BCUT2D eigenvalue weighted by Gasteiger charge is -2.52. The van der Waals surface area contributed by atoms with Crippen LogP contribution in [0.2, 0.25) is 0 Å². The molecule has 148 valence electrons. The first-order chi connectivity index (χ1) is 13.6. The van der Waals surface area contributed by atoms with Crippen LogP contribution in [0.5, 0.6) is 5.75 Å². The van der Waals surface area contributed by atoms with Crippen LogP contribution in [0.3, 0.4) is 0 Å². The maximum atomic E-state index is 13.1. The molecule has 1 aromatic heterocycles. The van der Waals surface area contributed by atoms with Crippen molar-refractivity contribution in [1.82, 2.24) is 14.4 Å². The molecule has 4 heterocycles. The first-order valence-electron chi connectivity index (χ1n) is 10.3. The van der Waals surface area contributed by atoms with Crippen LogP contribution in [-0.2, 0) is 16.1 Å². The van der Waals surface area contributed by atoms with Gasteiger partial charge < -0.3 is 19.1 Å². The summed E-state index contributed by atoms with van der Waals surface area (Å²) in [5.41, 5.74) is 1.05. The molecule has 3 saturated heterocycles. The molecule has 2 bridgehead atoms. The molecule has 28 heavy (non-hydrogen) atoms. The molecule has 0 spiro atoms. The fraction of sp³-hybridized carbons (Fsp3) is 0.545. The van der Waals surface area contributed by atoms with E-state index in [1.165, 1.54) is 0 Å². The van der Waals surface area contributed by atoms with E-state index >= 15 is 0 Å². The van der Waals surface area contributed by atoms with E-state index in [1.807, 2.05) is 39.9 Å². The second-order valence-electron chi connectivity index (χ2n) is 8.53. The van der Waals surface area contributed by atoms with Gasteiger partial charge in [0.2, 0.25) is 11.8 Å². The summed E-state index contributed by atoms with van der Waals surface area (Å²) in [4.78, 5) is 29.5. The Kier molecular flexibility index (Phi) is 4.29. The van der Waals surface area contributed by atoms with Gasteiger partial charge in [-0.15, -0.1) is 0 Å². The van der Waals surface area contributed by atoms with Gasteiger partial charge in [-0.05, 0) is 55.4 Å². The molecule has 3 unspecified atom stereocenters. The van der Waals surface area contributed by atoms with Crippen molar-refractivity contribution in [2.75, 3.05) is 26.7 Å². The predicted molar refractivity (Wildman–Crippen MR) is 106 cm³/mol. The van der Waals surface area contributed by atoms with E-state index in [9.17, 15) is 9.59 Å². The molecule has 0 saturated carbocycles. The molecule has 6 heteroatoms. The summed E-state index contributed by atoms with van der Waals surface area (Å²) < 4.78 is 7.31. The highest BCUT2D eigenvalue weighted by Crippen LogP contribution is 2.38. The minimum absolute atomic E-state index is 0.179. The third kappa shape index (κ3) is 2.95. The molecule has 3 fully saturated rings. The van der Waals surface area contributed by atoms with Gasteiger partial charge in [-0.3, -0.25) is 9.59 Å². The van der Waals surface area contributed by atoms with Crippen LogP contribution in [0.15, 0.2) is 30.5 Å². The number of nitrogens with zero attached hydrogens (tertiary/aromatic N) is 3. The molecule has 0 N–H and O–H groups in total. The molecule has 3 atom stereocenters. The maximum absolute atomic E-state index is 13.1. The Morgan fingerprint density at radius 2 is 2.11 bits per heavy atom. The van der Waals surface area contributed by atoms with Gasteiger partial charge in [-0.1, -0.05) is 0 Å². The first kappa shape index (κ1) is 17.6. The summed E-state index contributed by atoms with van der Waals surface area (Å²) in [6, 6.07) is 8.31. The third-order valence-electron chi connectivity index (χ3n) is 6.82. The number of carbonyl (C=O) groups is 2. The lowest BCUT2D eigenvalue weighted by molar-refractivity contribution is -0.148. The summed E-state index contributed by atoms with van der Waals surface area (Å²) in [5, 5.41) is 1.08. The largest absolute Gasteiger partial charge is 0.497 e. The van der Waals surface area contributed by atoms with Crippen molar-refractivity contribution in [3.8, 4) is 5.75 Å². The Balaban J connectivity index is 1.31. The SMILES string of the molecule is COc1ccc2c(ccn2CC(=O)N2CC3CC(C2)C2CCCC(=O)N2C3)c1. The van der Waals surface area contributed by atoms with E-state index in [-0.39, 0.29) is 5.91 Å². The predicted octanol–water partition coefficient (Wildman–Crippen LogP) is 2.51. The summed E-state index contributed by atoms with van der Waals surface area (Å²) in [6.07, 6.45) is 5.92. The van der Waals surface area contributed by atoms with Crippen molar-refractivity contribution >= 4 is 22.7 Å². The Morgan fingerprint density at radius 3 is 2.96 bits per heavy atom. The van der Waals surface area contributed by atoms with Crippen LogP contribution < -0.4 is 4.74 Å².